The molecule has 1 aromatic rings. The van der Waals surface area contributed by atoms with Crippen LogP contribution in [0.2, 0.25) is 10.0 Å². The van der Waals surface area contributed by atoms with Crippen molar-refractivity contribution >= 4 is 41.2 Å². The van der Waals surface area contributed by atoms with Crippen LogP contribution in [0.4, 0.5) is 9.59 Å². The summed E-state index contributed by atoms with van der Waals surface area (Å²) in [7, 11) is 0. The number of halogens is 2. The van der Waals surface area contributed by atoms with Crippen molar-refractivity contribution in [3.8, 4) is 0 Å². The predicted octanol–water partition coefficient (Wildman–Crippen LogP) is 4.02. The minimum atomic E-state index is -0.809. The van der Waals surface area contributed by atoms with Gasteiger partial charge in [0.2, 0.25) is 0 Å². The number of carbonyl (C=O) groups is 3. The Hall–Kier alpha value is -2.49. The number of urea groups is 2. The first kappa shape index (κ1) is 28.1. The van der Waals surface area contributed by atoms with Gasteiger partial charge in [0, 0.05) is 50.5 Å². The molecule has 4 amide bonds. The smallest absolute Gasteiger partial charge is 0.338 e. The number of hydrogen-bond donors (Lipinski definition) is 2. The second kappa shape index (κ2) is 12.2. The first-order chi connectivity index (χ1) is 17.1. The van der Waals surface area contributed by atoms with Gasteiger partial charge in [-0.2, -0.15) is 0 Å². The molecule has 11 heteroatoms. The molecule has 1 saturated heterocycles. The molecule has 0 aliphatic carbocycles. The third kappa shape index (κ3) is 6.07. The number of ether oxygens (including phenoxy) is 1. The van der Waals surface area contributed by atoms with Gasteiger partial charge in [0.25, 0.3) is 0 Å². The molecule has 2 unspecified atom stereocenters. The van der Waals surface area contributed by atoms with Crippen LogP contribution in [0.5, 0.6) is 0 Å². The van der Waals surface area contributed by atoms with Crippen molar-refractivity contribution in [3.05, 3.63) is 45.1 Å². The fourth-order valence-electron chi connectivity index (χ4n) is 4.65. The molecular formula is C25H35Cl2N5O4. The number of carbonyl (C=O) groups excluding carboxylic acids is 3. The molecule has 2 heterocycles. The van der Waals surface area contributed by atoms with E-state index in [2.05, 4.69) is 15.5 Å². The van der Waals surface area contributed by atoms with Gasteiger partial charge >= 0.3 is 18.0 Å². The Labute approximate surface area is 222 Å². The van der Waals surface area contributed by atoms with Crippen LogP contribution in [0.25, 0.3) is 0 Å². The largest absolute Gasteiger partial charge is 0.463 e. The molecular weight excluding hydrogens is 505 g/mol. The monoisotopic (exact) mass is 539 g/mol. The quantitative estimate of drug-likeness (QED) is 0.510. The first-order valence-corrected chi connectivity index (χ1v) is 13.1. The van der Waals surface area contributed by atoms with Gasteiger partial charge < -0.3 is 20.3 Å². The van der Waals surface area contributed by atoms with Crippen LogP contribution in [-0.4, -0.2) is 84.1 Å². The van der Waals surface area contributed by atoms with Crippen molar-refractivity contribution in [3.63, 3.8) is 0 Å². The zero-order valence-corrected chi connectivity index (χ0v) is 22.9. The highest BCUT2D eigenvalue weighted by Gasteiger charge is 2.40. The highest BCUT2D eigenvalue weighted by atomic mass is 35.5. The second-order valence-corrected chi connectivity index (χ2v) is 10.0. The number of hydrogen-bond acceptors (Lipinski definition) is 5. The molecule has 198 valence electrons. The highest BCUT2D eigenvalue weighted by Crippen LogP contribution is 2.38. The van der Waals surface area contributed by atoms with Crippen LogP contribution in [0.1, 0.15) is 46.2 Å². The molecule has 2 N–H and O–H groups in total. The number of amides is 4. The predicted molar refractivity (Wildman–Crippen MR) is 140 cm³/mol. The van der Waals surface area contributed by atoms with Crippen molar-refractivity contribution in [2.24, 2.45) is 0 Å². The van der Waals surface area contributed by atoms with E-state index < -0.39 is 12.0 Å². The summed E-state index contributed by atoms with van der Waals surface area (Å²) in [6.45, 7) is 12.1. The number of likely N-dealkylation sites (N-methyl/N-ethyl adjacent to an activating group) is 1. The first-order valence-electron chi connectivity index (χ1n) is 12.3. The Morgan fingerprint density at radius 2 is 1.94 bits per heavy atom. The van der Waals surface area contributed by atoms with Crippen LogP contribution in [0.15, 0.2) is 29.5 Å². The Bertz CT molecular complexity index is 1030. The van der Waals surface area contributed by atoms with Crippen LogP contribution in [0.3, 0.4) is 0 Å². The average Bonchev–Trinajstić information content (AvgIpc) is 2.80. The Morgan fingerprint density at radius 1 is 1.22 bits per heavy atom. The molecule has 0 saturated carbocycles. The molecule has 9 nitrogen and oxygen atoms in total. The maximum atomic E-state index is 13.3. The Balaban J connectivity index is 1.98. The van der Waals surface area contributed by atoms with E-state index in [0.717, 1.165) is 0 Å². The molecule has 3 rings (SSSR count). The molecule has 2 aliphatic rings. The third-order valence-electron chi connectivity index (χ3n) is 6.30. The summed E-state index contributed by atoms with van der Waals surface area (Å²) >= 11 is 12.8. The zero-order chi connectivity index (χ0) is 26.6. The topological polar surface area (TPSA) is 94.2 Å². The lowest BCUT2D eigenvalue weighted by atomic mass is 9.94. The third-order valence-corrected chi connectivity index (χ3v) is 7.13. The molecule has 0 bridgehead atoms. The number of esters is 1. The van der Waals surface area contributed by atoms with E-state index in [1.54, 1.807) is 30.0 Å². The summed E-state index contributed by atoms with van der Waals surface area (Å²) in [4.78, 5) is 44.6. The van der Waals surface area contributed by atoms with Gasteiger partial charge in [-0.15, -0.1) is 0 Å². The van der Waals surface area contributed by atoms with Crippen molar-refractivity contribution in [1.82, 2.24) is 25.3 Å². The van der Waals surface area contributed by atoms with Crippen LogP contribution in [0, 0.1) is 0 Å². The SMILES string of the molecule is CCOC(=O)C1=C(CN2CCN(C(=O)NC(C)C)C(C)C2)N(CC)C(=O)NC1c1cccc(Cl)c1Cl. The average molecular weight is 540 g/mol. The Kier molecular flexibility index (Phi) is 9.49. The second-order valence-electron chi connectivity index (χ2n) is 9.23. The van der Waals surface area contributed by atoms with E-state index in [0.29, 0.717) is 54.6 Å². The molecule has 0 spiro atoms. The number of piperazine rings is 1. The summed E-state index contributed by atoms with van der Waals surface area (Å²) in [5.74, 6) is -0.519. The van der Waals surface area contributed by atoms with E-state index >= 15 is 0 Å². The fourth-order valence-corrected chi connectivity index (χ4v) is 5.07. The lowest BCUT2D eigenvalue weighted by Gasteiger charge is -2.43. The molecule has 2 atom stereocenters. The molecule has 1 fully saturated rings. The zero-order valence-electron chi connectivity index (χ0n) is 21.4. The maximum Gasteiger partial charge on any atom is 0.338 e. The van der Waals surface area contributed by atoms with Gasteiger partial charge in [0.1, 0.15) is 0 Å². The van der Waals surface area contributed by atoms with Crippen LogP contribution < -0.4 is 10.6 Å². The number of benzene rings is 1. The highest BCUT2D eigenvalue weighted by molar-refractivity contribution is 6.42. The summed E-state index contributed by atoms with van der Waals surface area (Å²) < 4.78 is 5.43. The lowest BCUT2D eigenvalue weighted by molar-refractivity contribution is -0.139. The van der Waals surface area contributed by atoms with Crippen molar-refractivity contribution < 1.29 is 19.1 Å². The van der Waals surface area contributed by atoms with Crippen molar-refractivity contribution in [1.29, 1.82) is 0 Å². The van der Waals surface area contributed by atoms with E-state index in [1.165, 1.54) is 0 Å². The normalized spacial score (nSPS) is 21.1. The molecule has 0 aromatic heterocycles. The maximum absolute atomic E-state index is 13.3. The van der Waals surface area contributed by atoms with Gasteiger partial charge in [0.05, 0.1) is 28.3 Å². The van der Waals surface area contributed by atoms with E-state index in [9.17, 15) is 14.4 Å². The van der Waals surface area contributed by atoms with Crippen LogP contribution >= 0.6 is 23.2 Å². The summed E-state index contributed by atoms with van der Waals surface area (Å²) in [5, 5.41) is 6.46. The number of rotatable bonds is 7. The molecule has 2 aliphatic heterocycles. The summed E-state index contributed by atoms with van der Waals surface area (Å²) in [6, 6.07) is 3.90. The number of nitrogens with zero attached hydrogens (tertiary/aromatic N) is 3. The van der Waals surface area contributed by atoms with E-state index in [4.69, 9.17) is 27.9 Å². The van der Waals surface area contributed by atoms with Crippen molar-refractivity contribution in [2.45, 2.75) is 52.7 Å². The van der Waals surface area contributed by atoms with Crippen molar-refractivity contribution in [2.75, 3.05) is 39.3 Å². The fraction of sp³-hybridized carbons (Fsp3) is 0.560. The van der Waals surface area contributed by atoms with E-state index in [-0.39, 0.29) is 35.8 Å². The standard InChI is InChI=1S/C25H35Cl2N5O4/c1-6-31-19(14-30-11-12-32(16(5)13-30)24(34)28-15(3)4)20(23(33)36-7-2)22(29-25(31)35)17-9-8-10-18(26)21(17)27/h8-10,15-16,22H,6-7,11-14H2,1-5H3,(H,28,34)(H,29,35). The number of nitrogens with one attached hydrogen (secondary N) is 2. The minimum Gasteiger partial charge on any atom is -0.463 e. The van der Waals surface area contributed by atoms with Gasteiger partial charge in [-0.05, 0) is 46.2 Å². The van der Waals surface area contributed by atoms with Gasteiger partial charge in [-0.1, -0.05) is 35.3 Å². The van der Waals surface area contributed by atoms with Gasteiger partial charge in [-0.25, -0.2) is 14.4 Å². The Morgan fingerprint density at radius 3 is 2.56 bits per heavy atom. The molecule has 1 aromatic carbocycles. The van der Waals surface area contributed by atoms with Gasteiger partial charge in [0.15, 0.2) is 0 Å². The summed E-state index contributed by atoms with van der Waals surface area (Å²) in [5.41, 5.74) is 1.42. The lowest BCUT2D eigenvalue weighted by Crippen LogP contribution is -2.58. The van der Waals surface area contributed by atoms with Gasteiger partial charge in [-0.3, -0.25) is 9.80 Å². The van der Waals surface area contributed by atoms with E-state index in [1.807, 2.05) is 32.6 Å². The summed E-state index contributed by atoms with van der Waals surface area (Å²) in [6.07, 6.45) is 0. The molecule has 36 heavy (non-hydrogen) atoms. The minimum absolute atomic E-state index is 0.0465. The van der Waals surface area contributed by atoms with Crippen LogP contribution in [-0.2, 0) is 9.53 Å². The molecule has 0 radical (unpaired) electrons.